The van der Waals surface area contributed by atoms with Gasteiger partial charge in [-0.05, 0) is 57.7 Å². The Labute approximate surface area is 170 Å². The van der Waals surface area contributed by atoms with Crippen LogP contribution in [0.25, 0.3) is 10.9 Å². The summed E-state index contributed by atoms with van der Waals surface area (Å²) < 4.78 is 11.5. The van der Waals surface area contributed by atoms with Gasteiger partial charge < -0.3 is 19.9 Å². The van der Waals surface area contributed by atoms with Gasteiger partial charge in [0, 0.05) is 5.39 Å². The van der Waals surface area contributed by atoms with E-state index in [1.165, 1.54) is 11.8 Å². The summed E-state index contributed by atoms with van der Waals surface area (Å²) in [5.41, 5.74) is 0.300. The molecule has 0 radical (unpaired) electrons. The first-order valence-corrected chi connectivity index (χ1v) is 10.2. The van der Waals surface area contributed by atoms with E-state index in [1.54, 1.807) is 26.3 Å². The van der Waals surface area contributed by atoms with Gasteiger partial charge in [-0.3, -0.25) is 9.78 Å². The molecule has 0 saturated heterocycles. The summed E-state index contributed by atoms with van der Waals surface area (Å²) in [5.74, 6) is 6.36. The van der Waals surface area contributed by atoms with E-state index in [0.29, 0.717) is 18.1 Å². The van der Waals surface area contributed by atoms with Crippen molar-refractivity contribution in [3.05, 3.63) is 30.0 Å². The molecular formula is C21H26N2O4S. The van der Waals surface area contributed by atoms with Crippen LogP contribution >= 0.6 is 11.8 Å². The summed E-state index contributed by atoms with van der Waals surface area (Å²) in [7, 11) is 0. The molecule has 0 aliphatic carbocycles. The number of carbonyl (C=O) groups excluding carboxylic acids is 1. The summed E-state index contributed by atoms with van der Waals surface area (Å²) >= 11 is 1.29. The zero-order chi connectivity index (χ0) is 20.7. The maximum absolute atomic E-state index is 12.6. The summed E-state index contributed by atoms with van der Waals surface area (Å²) in [4.78, 5) is 17.1. The zero-order valence-corrected chi connectivity index (χ0v) is 17.6. The molecule has 0 saturated carbocycles. The van der Waals surface area contributed by atoms with Gasteiger partial charge in [-0.1, -0.05) is 11.8 Å². The van der Waals surface area contributed by atoms with E-state index in [0.717, 1.165) is 16.5 Å². The SMILES string of the molecule is CCOc1cnc2c(C)cc(OC(SC)C(=O)NC(C)(C)C#CCO)cc2c1. The lowest BCUT2D eigenvalue weighted by atomic mass is 10.1. The quantitative estimate of drug-likeness (QED) is 0.548. The third-order valence-electron chi connectivity index (χ3n) is 3.82. The molecule has 1 unspecified atom stereocenters. The fraction of sp³-hybridized carbons (Fsp3) is 0.429. The Hall–Kier alpha value is -2.43. The number of pyridine rings is 1. The highest BCUT2D eigenvalue weighted by Gasteiger charge is 2.25. The number of rotatable bonds is 7. The van der Waals surface area contributed by atoms with Crippen molar-refractivity contribution in [2.45, 2.75) is 38.7 Å². The van der Waals surface area contributed by atoms with E-state index in [1.807, 2.05) is 32.0 Å². The number of thioether (sulfide) groups is 1. The van der Waals surface area contributed by atoms with Crippen LogP contribution < -0.4 is 14.8 Å². The zero-order valence-electron chi connectivity index (χ0n) is 16.8. The van der Waals surface area contributed by atoms with Gasteiger partial charge in [0.25, 0.3) is 5.91 Å². The molecule has 1 aromatic carbocycles. The van der Waals surface area contributed by atoms with Crippen LogP contribution in [0.2, 0.25) is 0 Å². The second-order valence-corrected chi connectivity index (χ2v) is 7.58. The highest BCUT2D eigenvalue weighted by atomic mass is 32.2. The Morgan fingerprint density at radius 3 is 2.71 bits per heavy atom. The molecule has 0 aliphatic rings. The number of ether oxygens (including phenoxy) is 2. The van der Waals surface area contributed by atoms with Crippen molar-refractivity contribution in [3.8, 4) is 23.3 Å². The van der Waals surface area contributed by atoms with Gasteiger partial charge in [-0.15, -0.1) is 11.8 Å². The van der Waals surface area contributed by atoms with E-state index >= 15 is 0 Å². The summed E-state index contributed by atoms with van der Waals surface area (Å²) in [5, 5.41) is 12.6. The van der Waals surface area contributed by atoms with E-state index in [9.17, 15) is 4.79 Å². The predicted molar refractivity (Wildman–Crippen MR) is 113 cm³/mol. The van der Waals surface area contributed by atoms with Crippen LogP contribution in [0, 0.1) is 18.8 Å². The topological polar surface area (TPSA) is 80.7 Å². The molecule has 1 heterocycles. The number of aliphatic hydroxyl groups is 1. The summed E-state index contributed by atoms with van der Waals surface area (Å²) in [6, 6.07) is 5.63. The first-order valence-electron chi connectivity index (χ1n) is 8.95. The molecule has 0 fully saturated rings. The average molecular weight is 403 g/mol. The first kappa shape index (κ1) is 21.9. The van der Waals surface area contributed by atoms with Gasteiger partial charge in [0.2, 0.25) is 5.44 Å². The average Bonchev–Trinajstić information content (AvgIpc) is 2.64. The Balaban J connectivity index is 2.23. The third kappa shape index (κ3) is 5.78. The maximum Gasteiger partial charge on any atom is 0.272 e. The molecule has 2 aromatic rings. The largest absolute Gasteiger partial charge is 0.492 e. The number of aromatic nitrogens is 1. The molecule has 7 heteroatoms. The highest BCUT2D eigenvalue weighted by molar-refractivity contribution is 7.99. The van der Waals surface area contributed by atoms with Crippen LogP contribution in [0.3, 0.4) is 0 Å². The molecule has 6 nitrogen and oxygen atoms in total. The van der Waals surface area contributed by atoms with E-state index in [4.69, 9.17) is 14.6 Å². The number of aliphatic hydroxyl groups excluding tert-OH is 1. The van der Waals surface area contributed by atoms with Gasteiger partial charge >= 0.3 is 0 Å². The molecule has 1 atom stereocenters. The van der Waals surface area contributed by atoms with Crippen molar-refractivity contribution in [2.75, 3.05) is 19.5 Å². The molecule has 0 spiro atoms. The number of benzene rings is 1. The second-order valence-electron chi connectivity index (χ2n) is 6.68. The Morgan fingerprint density at radius 1 is 1.36 bits per heavy atom. The van der Waals surface area contributed by atoms with E-state index in [2.05, 4.69) is 22.1 Å². The minimum atomic E-state index is -0.771. The Kier molecular flexibility index (Phi) is 7.55. The summed E-state index contributed by atoms with van der Waals surface area (Å²) in [6.45, 7) is 7.72. The predicted octanol–water partition coefficient (Wildman–Crippen LogP) is 2.90. The fourth-order valence-corrected chi connectivity index (χ4v) is 3.16. The normalized spacial score (nSPS) is 12.1. The second kappa shape index (κ2) is 9.67. The van der Waals surface area contributed by atoms with E-state index in [-0.39, 0.29) is 12.5 Å². The van der Waals surface area contributed by atoms with Gasteiger partial charge in [-0.2, -0.15) is 0 Å². The molecule has 1 aromatic heterocycles. The van der Waals surface area contributed by atoms with Crippen LogP contribution in [0.5, 0.6) is 11.5 Å². The van der Waals surface area contributed by atoms with Crippen molar-refractivity contribution in [1.82, 2.24) is 10.3 Å². The van der Waals surface area contributed by atoms with Crippen LogP contribution in [-0.4, -0.2) is 46.4 Å². The first-order chi connectivity index (χ1) is 13.3. The number of aryl methyl sites for hydroxylation is 1. The number of nitrogens with zero attached hydrogens (tertiary/aromatic N) is 1. The molecule has 2 N–H and O–H groups in total. The number of nitrogens with one attached hydrogen (secondary N) is 1. The number of hydrogen-bond acceptors (Lipinski definition) is 6. The van der Waals surface area contributed by atoms with Crippen molar-refractivity contribution in [2.24, 2.45) is 0 Å². The third-order valence-corrected chi connectivity index (χ3v) is 4.56. The van der Waals surface area contributed by atoms with Gasteiger partial charge in [0.05, 0.1) is 23.9 Å². The van der Waals surface area contributed by atoms with Crippen molar-refractivity contribution in [1.29, 1.82) is 0 Å². The van der Waals surface area contributed by atoms with Crippen molar-refractivity contribution >= 4 is 28.6 Å². The van der Waals surface area contributed by atoms with Crippen LogP contribution in [0.1, 0.15) is 26.3 Å². The summed E-state index contributed by atoms with van der Waals surface area (Å²) in [6.07, 6.45) is 3.51. The van der Waals surface area contributed by atoms with Crippen molar-refractivity contribution < 1.29 is 19.4 Å². The monoisotopic (exact) mass is 402 g/mol. The van der Waals surface area contributed by atoms with Gasteiger partial charge in [-0.25, -0.2) is 0 Å². The fourth-order valence-electron chi connectivity index (χ4n) is 2.68. The van der Waals surface area contributed by atoms with Gasteiger partial charge in [0.15, 0.2) is 0 Å². The molecule has 1 amide bonds. The number of fused-ring (bicyclic) bond motifs is 1. The smallest absolute Gasteiger partial charge is 0.272 e. The lowest BCUT2D eigenvalue weighted by Gasteiger charge is -2.24. The minimum Gasteiger partial charge on any atom is -0.492 e. The molecule has 0 bridgehead atoms. The van der Waals surface area contributed by atoms with E-state index < -0.39 is 11.0 Å². The highest BCUT2D eigenvalue weighted by Crippen LogP contribution is 2.28. The lowest BCUT2D eigenvalue weighted by Crippen LogP contribution is -2.47. The minimum absolute atomic E-state index is 0.254. The van der Waals surface area contributed by atoms with Crippen LogP contribution in [0.4, 0.5) is 0 Å². The van der Waals surface area contributed by atoms with Gasteiger partial charge in [0.1, 0.15) is 18.1 Å². The maximum atomic E-state index is 12.6. The molecule has 28 heavy (non-hydrogen) atoms. The van der Waals surface area contributed by atoms with Crippen LogP contribution in [0.15, 0.2) is 24.4 Å². The lowest BCUT2D eigenvalue weighted by molar-refractivity contribution is -0.125. The molecule has 2 rings (SSSR count). The Morgan fingerprint density at radius 2 is 2.07 bits per heavy atom. The molecule has 150 valence electrons. The number of carbonyl (C=O) groups is 1. The van der Waals surface area contributed by atoms with Crippen molar-refractivity contribution in [3.63, 3.8) is 0 Å². The Bertz CT molecular complexity index is 902. The standard InChI is InChI=1S/C21H26N2O4S/c1-6-26-17-12-15-11-16(10-14(2)18(15)22-13-17)27-20(28-5)19(25)23-21(3,4)8-7-9-24/h10-13,20,24H,6,9H2,1-5H3,(H,23,25). The van der Waals surface area contributed by atoms with Crippen LogP contribution in [-0.2, 0) is 4.79 Å². The number of amides is 1. The molecule has 0 aliphatic heterocycles. The molecular weight excluding hydrogens is 376 g/mol. The number of hydrogen-bond donors (Lipinski definition) is 2.